The molecule has 1 aliphatic heterocycles. The van der Waals surface area contributed by atoms with Crippen molar-refractivity contribution in [1.82, 2.24) is 0 Å². The highest BCUT2D eigenvalue weighted by atomic mass is 16.8. The van der Waals surface area contributed by atoms with Gasteiger partial charge in [0.15, 0.2) is 0 Å². The third-order valence-corrected chi connectivity index (χ3v) is 2.75. The normalized spacial score (nSPS) is 37.2. The van der Waals surface area contributed by atoms with E-state index < -0.39 is 29.9 Å². The van der Waals surface area contributed by atoms with Gasteiger partial charge in [-0.3, -0.25) is 4.79 Å². The van der Waals surface area contributed by atoms with E-state index in [1.165, 1.54) is 20.1 Å². The number of esters is 1. The Morgan fingerprint density at radius 3 is 2.82 bits per heavy atom. The van der Waals surface area contributed by atoms with Gasteiger partial charge < -0.3 is 19.9 Å². The summed E-state index contributed by atoms with van der Waals surface area (Å²) in [5, 5.41) is 0. The Hall–Kier alpha value is -1.66. The van der Waals surface area contributed by atoms with Crippen LogP contribution in [0.4, 0.5) is 0 Å². The molecule has 17 heavy (non-hydrogen) atoms. The smallest absolute Gasteiger partial charge is 0.330 e. The minimum atomic E-state index is -1.45. The van der Waals surface area contributed by atoms with Crippen molar-refractivity contribution in [3.63, 3.8) is 0 Å². The minimum absolute atomic E-state index is 0.400. The third kappa shape index (κ3) is 1.96. The SMILES string of the molecule is COC(=O)C=C1C=C[C@@H]2O[C@@](C)(C(N)=O)O[C@H]12. The second-order valence-corrected chi connectivity index (χ2v) is 3.96. The van der Waals surface area contributed by atoms with Gasteiger partial charge in [-0.1, -0.05) is 12.2 Å². The fourth-order valence-electron chi connectivity index (χ4n) is 1.80. The minimum Gasteiger partial charge on any atom is -0.466 e. The molecule has 2 aliphatic rings. The van der Waals surface area contributed by atoms with E-state index in [1.807, 2.05) is 0 Å². The van der Waals surface area contributed by atoms with E-state index in [2.05, 4.69) is 4.74 Å². The number of amides is 1. The average Bonchev–Trinajstić information content (AvgIpc) is 2.78. The molecule has 0 aromatic carbocycles. The van der Waals surface area contributed by atoms with Gasteiger partial charge in [0.1, 0.15) is 12.2 Å². The van der Waals surface area contributed by atoms with E-state index in [0.717, 1.165) is 0 Å². The fraction of sp³-hybridized carbons (Fsp3) is 0.455. The van der Waals surface area contributed by atoms with Crippen LogP contribution in [0.1, 0.15) is 6.92 Å². The second-order valence-electron chi connectivity index (χ2n) is 3.96. The van der Waals surface area contributed by atoms with Gasteiger partial charge in [0.2, 0.25) is 5.79 Å². The molecule has 0 bridgehead atoms. The van der Waals surface area contributed by atoms with Crippen LogP contribution < -0.4 is 5.73 Å². The first-order valence-corrected chi connectivity index (χ1v) is 5.09. The lowest BCUT2D eigenvalue weighted by Gasteiger charge is -2.19. The fourth-order valence-corrected chi connectivity index (χ4v) is 1.80. The maximum Gasteiger partial charge on any atom is 0.330 e. The molecular formula is C11H13NO5. The van der Waals surface area contributed by atoms with Crippen molar-refractivity contribution in [3.8, 4) is 0 Å². The summed E-state index contributed by atoms with van der Waals surface area (Å²) in [5.74, 6) is -2.63. The van der Waals surface area contributed by atoms with Crippen molar-refractivity contribution < 1.29 is 23.8 Å². The molecule has 0 saturated carbocycles. The highest BCUT2D eigenvalue weighted by Gasteiger charge is 2.50. The lowest BCUT2D eigenvalue weighted by molar-refractivity contribution is -0.178. The van der Waals surface area contributed by atoms with Crippen molar-refractivity contribution >= 4 is 11.9 Å². The van der Waals surface area contributed by atoms with Crippen LogP contribution in [0, 0.1) is 0 Å². The van der Waals surface area contributed by atoms with Gasteiger partial charge in [-0.15, -0.1) is 0 Å². The van der Waals surface area contributed by atoms with Crippen LogP contribution in [-0.4, -0.2) is 37.0 Å². The zero-order valence-corrected chi connectivity index (χ0v) is 9.51. The number of hydrogen-bond acceptors (Lipinski definition) is 5. The zero-order chi connectivity index (χ0) is 12.6. The quantitative estimate of drug-likeness (QED) is 0.525. The van der Waals surface area contributed by atoms with E-state index in [4.69, 9.17) is 15.2 Å². The lowest BCUT2D eigenvalue weighted by Crippen LogP contribution is -2.42. The highest BCUT2D eigenvalue weighted by molar-refractivity contribution is 5.84. The Labute approximate surface area is 98.0 Å². The summed E-state index contributed by atoms with van der Waals surface area (Å²) in [6, 6.07) is 0. The van der Waals surface area contributed by atoms with Gasteiger partial charge >= 0.3 is 5.97 Å². The van der Waals surface area contributed by atoms with Crippen LogP contribution in [0.3, 0.4) is 0 Å². The Bertz CT molecular complexity index is 428. The number of carbonyl (C=O) groups is 2. The van der Waals surface area contributed by atoms with E-state index in [-0.39, 0.29) is 0 Å². The van der Waals surface area contributed by atoms with Gasteiger partial charge in [-0.2, -0.15) is 0 Å². The number of primary amides is 1. The summed E-state index contributed by atoms with van der Waals surface area (Å²) < 4.78 is 15.4. The topological polar surface area (TPSA) is 87.9 Å². The van der Waals surface area contributed by atoms with Crippen molar-refractivity contribution in [2.75, 3.05) is 7.11 Å². The molecule has 0 unspecified atom stereocenters. The van der Waals surface area contributed by atoms with Crippen molar-refractivity contribution in [1.29, 1.82) is 0 Å². The van der Waals surface area contributed by atoms with Crippen LogP contribution in [0.2, 0.25) is 0 Å². The number of ether oxygens (including phenoxy) is 3. The van der Waals surface area contributed by atoms with Crippen LogP contribution in [0.15, 0.2) is 23.8 Å². The van der Waals surface area contributed by atoms with Crippen molar-refractivity contribution in [2.24, 2.45) is 5.73 Å². The average molecular weight is 239 g/mol. The molecule has 6 nitrogen and oxygen atoms in total. The maximum absolute atomic E-state index is 11.2. The monoisotopic (exact) mass is 239 g/mol. The third-order valence-electron chi connectivity index (χ3n) is 2.75. The summed E-state index contributed by atoms with van der Waals surface area (Å²) >= 11 is 0. The Morgan fingerprint density at radius 1 is 1.53 bits per heavy atom. The summed E-state index contributed by atoms with van der Waals surface area (Å²) in [5.41, 5.74) is 5.79. The molecular weight excluding hydrogens is 226 g/mol. The summed E-state index contributed by atoms with van der Waals surface area (Å²) in [4.78, 5) is 22.3. The van der Waals surface area contributed by atoms with Crippen molar-refractivity contribution in [2.45, 2.75) is 24.9 Å². The molecule has 0 spiro atoms. The summed E-state index contributed by atoms with van der Waals surface area (Å²) in [6.45, 7) is 1.46. The van der Waals surface area contributed by atoms with E-state index in [9.17, 15) is 9.59 Å². The largest absolute Gasteiger partial charge is 0.466 e. The molecule has 1 aliphatic carbocycles. The first kappa shape index (κ1) is 11.8. The van der Waals surface area contributed by atoms with Crippen molar-refractivity contribution in [3.05, 3.63) is 23.8 Å². The van der Waals surface area contributed by atoms with Gasteiger partial charge in [0, 0.05) is 6.08 Å². The maximum atomic E-state index is 11.2. The van der Waals surface area contributed by atoms with Gasteiger partial charge in [-0.05, 0) is 12.5 Å². The molecule has 1 heterocycles. The standard InChI is InChI=1S/C11H13NO5/c1-11(10(12)14)16-7-4-3-6(9(7)17-11)5-8(13)15-2/h3-5,7,9H,1-2H3,(H2,12,14)/t7-,9+,11+/m0/s1. The number of nitrogens with two attached hydrogens (primary N) is 1. The Balaban J connectivity index is 2.19. The Kier molecular flexibility index (Phi) is 2.76. The molecule has 3 atom stereocenters. The van der Waals surface area contributed by atoms with E-state index in [0.29, 0.717) is 5.57 Å². The molecule has 2 rings (SSSR count). The van der Waals surface area contributed by atoms with Crippen LogP contribution >= 0.6 is 0 Å². The Morgan fingerprint density at radius 2 is 2.24 bits per heavy atom. The second kappa shape index (κ2) is 3.97. The predicted molar refractivity (Wildman–Crippen MR) is 56.6 cm³/mol. The number of hydrogen-bond donors (Lipinski definition) is 1. The molecule has 6 heteroatoms. The summed E-state index contributed by atoms with van der Waals surface area (Å²) in [7, 11) is 1.29. The molecule has 1 fully saturated rings. The lowest BCUT2D eigenvalue weighted by atomic mass is 10.1. The van der Waals surface area contributed by atoms with Gasteiger partial charge in [0.05, 0.1) is 7.11 Å². The number of rotatable bonds is 2. The van der Waals surface area contributed by atoms with E-state index in [1.54, 1.807) is 12.2 Å². The summed E-state index contributed by atoms with van der Waals surface area (Å²) in [6.07, 6.45) is 3.83. The molecule has 92 valence electrons. The molecule has 0 aromatic heterocycles. The van der Waals surface area contributed by atoms with Gasteiger partial charge in [-0.25, -0.2) is 4.79 Å². The number of carbonyl (C=O) groups excluding carboxylic acids is 2. The highest BCUT2D eigenvalue weighted by Crippen LogP contribution is 2.37. The first-order valence-electron chi connectivity index (χ1n) is 5.09. The van der Waals surface area contributed by atoms with E-state index >= 15 is 0 Å². The first-order chi connectivity index (χ1) is 7.96. The number of methoxy groups -OCH3 is 1. The molecule has 1 saturated heterocycles. The molecule has 0 radical (unpaired) electrons. The van der Waals surface area contributed by atoms with Gasteiger partial charge in [0.25, 0.3) is 5.91 Å². The van der Waals surface area contributed by atoms with Crippen LogP contribution in [-0.2, 0) is 23.8 Å². The number of fused-ring (bicyclic) bond motifs is 1. The predicted octanol–water partition coefficient (Wildman–Crippen LogP) is -0.359. The molecule has 2 N–H and O–H groups in total. The molecule has 1 amide bonds. The molecule has 0 aromatic rings. The zero-order valence-electron chi connectivity index (χ0n) is 9.51. The van der Waals surface area contributed by atoms with Crippen LogP contribution in [0.25, 0.3) is 0 Å². The van der Waals surface area contributed by atoms with Crippen LogP contribution in [0.5, 0.6) is 0 Å².